The van der Waals surface area contributed by atoms with Crippen LogP contribution in [0, 0.1) is 6.92 Å². The van der Waals surface area contributed by atoms with E-state index in [1.165, 1.54) is 39.8 Å². The summed E-state index contributed by atoms with van der Waals surface area (Å²) in [4.78, 5) is 12.0. The molecule has 3 aromatic rings. The number of carbonyl (C=O) groups is 1. The fraction of sp³-hybridized carbons (Fsp3) is 0.238. The second-order valence-corrected chi connectivity index (χ2v) is 9.71. The molecule has 0 bridgehead atoms. The van der Waals surface area contributed by atoms with Gasteiger partial charge in [-0.2, -0.15) is 5.10 Å². The number of nitrogens with one attached hydrogen (secondary N) is 1. The van der Waals surface area contributed by atoms with Crippen LogP contribution < -0.4 is 5.43 Å². The molecule has 29 heavy (non-hydrogen) atoms. The molecule has 1 N–H and O–H groups in total. The van der Waals surface area contributed by atoms with Gasteiger partial charge in [0.15, 0.2) is 8.68 Å². The van der Waals surface area contributed by atoms with Crippen LogP contribution in [0.15, 0.2) is 62.3 Å². The van der Waals surface area contributed by atoms with Crippen molar-refractivity contribution in [3.63, 3.8) is 0 Å². The second-order valence-electron chi connectivity index (χ2n) is 6.29. The minimum atomic E-state index is -0.166. The normalized spacial score (nSPS) is 11.1. The Hall–Kier alpha value is -2.16. The van der Waals surface area contributed by atoms with Gasteiger partial charge < -0.3 is 0 Å². The highest BCUT2D eigenvalue weighted by Gasteiger charge is 2.08. The van der Waals surface area contributed by atoms with Crippen molar-refractivity contribution < 1.29 is 4.79 Å². The first kappa shape index (κ1) is 21.5. The summed E-state index contributed by atoms with van der Waals surface area (Å²) < 4.78 is 1.69. The van der Waals surface area contributed by atoms with Crippen LogP contribution in [0.25, 0.3) is 0 Å². The summed E-state index contributed by atoms with van der Waals surface area (Å²) in [5.74, 6) is 0.942. The SMILES string of the molecule is CCc1ccc(/C=N/NC(=O)CSc2nnc(SCc3ccc(C)cc3)s2)cc1. The minimum Gasteiger partial charge on any atom is -0.272 e. The zero-order chi connectivity index (χ0) is 20.5. The van der Waals surface area contributed by atoms with Crippen LogP contribution in [0.4, 0.5) is 0 Å². The predicted octanol–water partition coefficient (Wildman–Crippen LogP) is 4.94. The van der Waals surface area contributed by atoms with Crippen LogP contribution in [-0.2, 0) is 17.0 Å². The van der Waals surface area contributed by atoms with E-state index in [0.717, 1.165) is 26.4 Å². The van der Waals surface area contributed by atoms with Gasteiger partial charge in [-0.15, -0.1) is 10.2 Å². The number of carbonyl (C=O) groups excluding carboxylic acids is 1. The quantitative estimate of drug-likeness (QED) is 0.289. The third-order valence-electron chi connectivity index (χ3n) is 3.99. The summed E-state index contributed by atoms with van der Waals surface area (Å²) in [6, 6.07) is 16.6. The molecule has 1 aromatic heterocycles. The predicted molar refractivity (Wildman–Crippen MR) is 123 cm³/mol. The van der Waals surface area contributed by atoms with Crippen molar-refractivity contribution in [2.75, 3.05) is 5.75 Å². The molecule has 150 valence electrons. The number of hydrogen-bond acceptors (Lipinski definition) is 7. The van der Waals surface area contributed by atoms with E-state index in [-0.39, 0.29) is 11.7 Å². The fourth-order valence-corrected chi connectivity index (χ4v) is 5.09. The molecule has 0 unspecified atom stereocenters. The molecule has 1 heterocycles. The van der Waals surface area contributed by atoms with E-state index in [0.29, 0.717) is 0 Å². The van der Waals surface area contributed by atoms with Crippen LogP contribution in [0.2, 0.25) is 0 Å². The summed E-state index contributed by atoms with van der Waals surface area (Å²) in [6.07, 6.45) is 2.65. The molecule has 3 rings (SSSR count). The number of rotatable bonds is 9. The maximum Gasteiger partial charge on any atom is 0.250 e. The first-order chi connectivity index (χ1) is 14.1. The lowest BCUT2D eigenvalue weighted by molar-refractivity contribution is -0.118. The van der Waals surface area contributed by atoms with Crippen molar-refractivity contribution in [2.45, 2.75) is 34.7 Å². The van der Waals surface area contributed by atoms with Gasteiger partial charge >= 0.3 is 0 Å². The maximum absolute atomic E-state index is 12.0. The molecule has 5 nitrogen and oxygen atoms in total. The molecule has 0 aliphatic carbocycles. The molecule has 0 aliphatic rings. The lowest BCUT2D eigenvalue weighted by Gasteiger charge is -1.99. The monoisotopic (exact) mass is 442 g/mol. The van der Waals surface area contributed by atoms with Gasteiger partial charge in [-0.05, 0) is 30.0 Å². The van der Waals surface area contributed by atoms with Gasteiger partial charge in [0.05, 0.1) is 12.0 Å². The van der Waals surface area contributed by atoms with E-state index in [1.807, 2.05) is 12.1 Å². The Balaban J connectivity index is 1.39. The number of nitrogens with zero attached hydrogens (tertiary/aromatic N) is 3. The molecule has 0 aliphatic heterocycles. The number of aryl methyl sites for hydroxylation is 2. The average molecular weight is 443 g/mol. The van der Waals surface area contributed by atoms with Crippen molar-refractivity contribution in [1.82, 2.24) is 15.6 Å². The molecule has 0 saturated carbocycles. The van der Waals surface area contributed by atoms with E-state index >= 15 is 0 Å². The molecule has 1 amide bonds. The summed E-state index contributed by atoms with van der Waals surface area (Å²) >= 11 is 4.53. The maximum atomic E-state index is 12.0. The van der Waals surface area contributed by atoms with Crippen LogP contribution in [-0.4, -0.2) is 28.1 Å². The minimum absolute atomic E-state index is 0.166. The van der Waals surface area contributed by atoms with Crippen LogP contribution in [0.3, 0.4) is 0 Å². The molecule has 0 fully saturated rings. The van der Waals surface area contributed by atoms with Gasteiger partial charge in [0, 0.05) is 5.75 Å². The van der Waals surface area contributed by atoms with Gasteiger partial charge in [-0.25, -0.2) is 5.43 Å². The van der Waals surface area contributed by atoms with E-state index in [2.05, 4.69) is 71.0 Å². The van der Waals surface area contributed by atoms with Crippen LogP contribution in [0.1, 0.15) is 29.2 Å². The number of aromatic nitrogens is 2. The standard InChI is InChI=1S/C21H22N4OS3/c1-3-16-8-10-17(11-9-16)12-22-23-19(26)14-28-21-25-24-20(29-21)27-13-18-6-4-15(2)5-7-18/h4-12H,3,13-14H2,1-2H3,(H,23,26)/b22-12+. The first-order valence-electron chi connectivity index (χ1n) is 9.18. The molecule has 0 saturated heterocycles. The molecule has 0 radical (unpaired) electrons. The van der Waals surface area contributed by atoms with Crippen molar-refractivity contribution in [2.24, 2.45) is 5.10 Å². The third-order valence-corrected chi connectivity index (χ3v) is 7.25. The Labute approximate surface area is 183 Å². The Bertz CT molecular complexity index is 953. The molecule has 0 atom stereocenters. The lowest BCUT2D eigenvalue weighted by atomic mass is 10.1. The van der Waals surface area contributed by atoms with Gasteiger partial charge in [0.1, 0.15) is 0 Å². The van der Waals surface area contributed by atoms with Gasteiger partial charge in [0.25, 0.3) is 5.91 Å². The van der Waals surface area contributed by atoms with Crippen molar-refractivity contribution in [3.05, 3.63) is 70.8 Å². The number of amides is 1. The number of benzene rings is 2. The van der Waals surface area contributed by atoms with Crippen molar-refractivity contribution >= 4 is 47.0 Å². The van der Waals surface area contributed by atoms with Crippen molar-refractivity contribution in [3.8, 4) is 0 Å². The highest BCUT2D eigenvalue weighted by atomic mass is 32.2. The first-order valence-corrected chi connectivity index (χ1v) is 12.0. The lowest BCUT2D eigenvalue weighted by Crippen LogP contribution is -2.19. The molecule has 8 heteroatoms. The van der Waals surface area contributed by atoms with Crippen LogP contribution >= 0.6 is 34.9 Å². The number of hydrazone groups is 1. The van der Waals surface area contributed by atoms with Crippen LogP contribution in [0.5, 0.6) is 0 Å². The molecule has 0 spiro atoms. The third kappa shape index (κ3) is 7.30. The zero-order valence-corrected chi connectivity index (χ0v) is 18.7. The summed E-state index contributed by atoms with van der Waals surface area (Å²) in [5.41, 5.74) is 7.29. The topological polar surface area (TPSA) is 67.2 Å². The summed E-state index contributed by atoms with van der Waals surface area (Å²) in [5, 5.41) is 12.4. The smallest absolute Gasteiger partial charge is 0.250 e. The van der Waals surface area contributed by atoms with E-state index in [4.69, 9.17) is 0 Å². The highest BCUT2D eigenvalue weighted by molar-refractivity contribution is 8.03. The fourth-order valence-electron chi connectivity index (χ4n) is 2.32. The largest absolute Gasteiger partial charge is 0.272 e. The highest BCUT2D eigenvalue weighted by Crippen LogP contribution is 2.30. The molecular weight excluding hydrogens is 420 g/mol. The second kappa shape index (κ2) is 11.1. The Morgan fingerprint density at radius 1 is 1.03 bits per heavy atom. The summed E-state index contributed by atoms with van der Waals surface area (Å²) in [7, 11) is 0. The average Bonchev–Trinajstić information content (AvgIpc) is 3.20. The van der Waals surface area contributed by atoms with Crippen molar-refractivity contribution in [1.29, 1.82) is 0 Å². The van der Waals surface area contributed by atoms with E-state index in [9.17, 15) is 4.79 Å². The van der Waals surface area contributed by atoms with Gasteiger partial charge in [-0.1, -0.05) is 95.9 Å². The number of hydrogen-bond donors (Lipinski definition) is 1. The van der Waals surface area contributed by atoms with E-state index < -0.39 is 0 Å². The Morgan fingerprint density at radius 3 is 2.38 bits per heavy atom. The van der Waals surface area contributed by atoms with Gasteiger partial charge in [0.2, 0.25) is 0 Å². The van der Waals surface area contributed by atoms with Gasteiger partial charge in [-0.3, -0.25) is 4.79 Å². The Kier molecular flexibility index (Phi) is 8.27. The zero-order valence-electron chi connectivity index (χ0n) is 16.3. The number of thioether (sulfide) groups is 2. The molecular formula is C21H22N4OS3. The molecule has 2 aromatic carbocycles. The van der Waals surface area contributed by atoms with E-state index in [1.54, 1.807) is 18.0 Å². The Morgan fingerprint density at radius 2 is 1.69 bits per heavy atom. The summed E-state index contributed by atoms with van der Waals surface area (Å²) in [6.45, 7) is 4.20.